The highest BCUT2D eigenvalue weighted by Crippen LogP contribution is 2.43. The molecule has 0 bridgehead atoms. The van der Waals surface area contributed by atoms with Crippen LogP contribution < -0.4 is 24.4 Å². The quantitative estimate of drug-likeness (QED) is 0.173. The van der Waals surface area contributed by atoms with Crippen molar-refractivity contribution in [3.63, 3.8) is 0 Å². The number of nitrogens with zero attached hydrogens (tertiary/aromatic N) is 3. The molecule has 1 aliphatic heterocycles. The van der Waals surface area contributed by atoms with Gasteiger partial charge in [0.25, 0.3) is 11.2 Å². The predicted molar refractivity (Wildman–Crippen MR) is 170 cm³/mol. The number of non-ortho nitro benzene ring substituents is 1. The Bertz CT molecular complexity index is 2130. The van der Waals surface area contributed by atoms with E-state index in [1.54, 1.807) is 19.2 Å². The molecule has 0 saturated carbocycles. The van der Waals surface area contributed by atoms with Crippen LogP contribution in [0.3, 0.4) is 0 Å². The van der Waals surface area contributed by atoms with Crippen molar-refractivity contribution in [2.24, 2.45) is 4.99 Å². The summed E-state index contributed by atoms with van der Waals surface area (Å²) in [6.45, 7) is 0.226. The number of thiazole rings is 1. The smallest absolute Gasteiger partial charge is 0.271 e. The van der Waals surface area contributed by atoms with Crippen LogP contribution >= 0.6 is 11.3 Å². The van der Waals surface area contributed by atoms with Crippen molar-refractivity contribution in [1.82, 2.24) is 4.57 Å². The largest absolute Gasteiger partial charge is 0.496 e. The minimum Gasteiger partial charge on any atom is -0.496 e. The molecule has 2 aliphatic rings. The maximum absolute atomic E-state index is 14.2. The van der Waals surface area contributed by atoms with Gasteiger partial charge in [-0.1, -0.05) is 72.0 Å². The third kappa shape index (κ3) is 4.91. The molecular formula is C35H27N3O5S. The molecule has 1 atom stereocenters. The maximum Gasteiger partial charge on any atom is 0.271 e. The first-order valence-electron chi connectivity index (χ1n) is 14.2. The summed E-state index contributed by atoms with van der Waals surface area (Å²) in [5.74, 6) is 1.33. The number of para-hydroxylation sites is 2. The molecule has 218 valence electrons. The number of aryl methyl sites for hydroxylation is 1. The molecular weight excluding hydrogens is 574 g/mol. The Morgan fingerprint density at radius 2 is 1.68 bits per heavy atom. The first-order chi connectivity index (χ1) is 21.5. The van der Waals surface area contributed by atoms with Crippen molar-refractivity contribution in [2.45, 2.75) is 25.5 Å². The maximum atomic E-state index is 14.2. The average Bonchev–Trinajstić information content (AvgIpc) is 3.37. The summed E-state index contributed by atoms with van der Waals surface area (Å²) in [6, 6.07) is 29.7. The van der Waals surface area contributed by atoms with Crippen molar-refractivity contribution in [3.8, 4) is 11.5 Å². The van der Waals surface area contributed by atoms with Gasteiger partial charge >= 0.3 is 0 Å². The SMILES string of the molecule is COc1ccccc1[C@@H]1C2=C(N=c3s/c(=C\c4ccccc4OCc4ccc([N+](=O)[O-])cc4)c(=O)n31)c1ccccc1CC2. The van der Waals surface area contributed by atoms with Gasteiger partial charge in [-0.3, -0.25) is 19.5 Å². The molecule has 0 N–H and O–H groups in total. The number of fused-ring (bicyclic) bond motifs is 3. The van der Waals surface area contributed by atoms with Crippen molar-refractivity contribution in [3.05, 3.63) is 160 Å². The van der Waals surface area contributed by atoms with Crippen molar-refractivity contribution < 1.29 is 14.4 Å². The van der Waals surface area contributed by atoms with Crippen LogP contribution in [0.1, 0.15) is 40.3 Å². The molecule has 2 heterocycles. The third-order valence-electron chi connectivity index (χ3n) is 8.05. The Hall–Kier alpha value is -5.28. The zero-order chi connectivity index (χ0) is 30.2. The van der Waals surface area contributed by atoms with E-state index in [4.69, 9.17) is 14.5 Å². The number of rotatable bonds is 7. The fourth-order valence-corrected chi connectivity index (χ4v) is 6.93. The molecule has 0 saturated heterocycles. The number of aromatic nitrogens is 1. The molecule has 44 heavy (non-hydrogen) atoms. The van der Waals surface area contributed by atoms with Crippen LogP contribution in [0.15, 0.2) is 112 Å². The van der Waals surface area contributed by atoms with Crippen LogP contribution in [0.5, 0.6) is 11.5 Å². The van der Waals surface area contributed by atoms with E-state index in [9.17, 15) is 14.9 Å². The van der Waals surface area contributed by atoms with E-state index in [0.717, 1.165) is 52.1 Å². The lowest BCUT2D eigenvalue weighted by Gasteiger charge is -2.31. The van der Waals surface area contributed by atoms with Crippen LogP contribution in [0, 0.1) is 10.1 Å². The summed E-state index contributed by atoms with van der Waals surface area (Å²) in [4.78, 5) is 30.5. The first-order valence-corrected chi connectivity index (χ1v) is 15.0. The fourth-order valence-electron chi connectivity index (χ4n) is 5.94. The Kier molecular flexibility index (Phi) is 7.15. The van der Waals surface area contributed by atoms with Crippen LogP contribution in [0.2, 0.25) is 0 Å². The topological polar surface area (TPSA) is 96.0 Å². The summed E-state index contributed by atoms with van der Waals surface area (Å²) < 4.78 is 14.3. The summed E-state index contributed by atoms with van der Waals surface area (Å²) in [5.41, 5.74) is 6.79. The average molecular weight is 602 g/mol. The minimum absolute atomic E-state index is 0.0288. The van der Waals surface area contributed by atoms with Gasteiger partial charge in [0.15, 0.2) is 4.80 Å². The highest BCUT2D eigenvalue weighted by atomic mass is 32.1. The van der Waals surface area contributed by atoms with E-state index >= 15 is 0 Å². The molecule has 0 spiro atoms. The standard InChI is InChI=1S/C35H27N3O5S/c1-42-30-13-7-5-11-27(30)33-28-19-16-23-8-2-4-10-26(23)32(28)36-35-37(33)34(39)31(44-35)20-24-9-3-6-12-29(24)43-21-22-14-17-25(18-15-22)38(40)41/h2-15,17-18,20,33H,16,19,21H2,1H3/b31-20-/t33-/m1/s1. The van der Waals surface area contributed by atoms with Crippen LogP contribution in [-0.4, -0.2) is 16.6 Å². The zero-order valence-corrected chi connectivity index (χ0v) is 24.6. The van der Waals surface area contributed by atoms with Crippen molar-refractivity contribution in [2.75, 3.05) is 7.11 Å². The number of hydrogen-bond acceptors (Lipinski definition) is 7. The summed E-state index contributed by atoms with van der Waals surface area (Å²) in [6.07, 6.45) is 3.52. The number of nitro benzene ring substituents is 1. The third-order valence-corrected chi connectivity index (χ3v) is 9.04. The Labute approximate surface area is 256 Å². The van der Waals surface area contributed by atoms with Gasteiger partial charge in [-0.25, -0.2) is 4.99 Å². The number of hydrogen-bond donors (Lipinski definition) is 0. The van der Waals surface area contributed by atoms with Crippen LogP contribution in [0.25, 0.3) is 11.8 Å². The van der Waals surface area contributed by atoms with Crippen LogP contribution in [-0.2, 0) is 13.0 Å². The van der Waals surface area contributed by atoms with Crippen molar-refractivity contribution in [1.29, 1.82) is 0 Å². The minimum atomic E-state index is -0.427. The Balaban J connectivity index is 1.33. The zero-order valence-electron chi connectivity index (χ0n) is 23.8. The molecule has 4 aromatic carbocycles. The number of ether oxygens (including phenoxy) is 2. The van der Waals surface area contributed by atoms with Crippen LogP contribution in [0.4, 0.5) is 5.69 Å². The predicted octanol–water partition coefficient (Wildman–Crippen LogP) is 5.81. The van der Waals surface area contributed by atoms with Crippen molar-refractivity contribution >= 4 is 28.8 Å². The molecule has 7 rings (SSSR count). The van der Waals surface area contributed by atoms with E-state index in [2.05, 4.69) is 18.2 Å². The first kappa shape index (κ1) is 27.5. The van der Waals surface area contributed by atoms with Gasteiger partial charge in [0.1, 0.15) is 18.1 Å². The lowest BCUT2D eigenvalue weighted by atomic mass is 9.83. The molecule has 9 heteroatoms. The Morgan fingerprint density at radius 1 is 0.955 bits per heavy atom. The Morgan fingerprint density at radius 3 is 2.48 bits per heavy atom. The molecule has 0 fully saturated rings. The lowest BCUT2D eigenvalue weighted by Crippen LogP contribution is -2.39. The number of benzene rings is 4. The lowest BCUT2D eigenvalue weighted by molar-refractivity contribution is -0.384. The summed E-state index contributed by atoms with van der Waals surface area (Å²) in [7, 11) is 1.65. The van der Waals surface area contributed by atoms with E-state index in [-0.39, 0.29) is 23.9 Å². The van der Waals surface area contributed by atoms with E-state index < -0.39 is 4.92 Å². The second kappa shape index (κ2) is 11.4. The highest BCUT2D eigenvalue weighted by molar-refractivity contribution is 7.07. The number of methoxy groups -OCH3 is 1. The van der Waals surface area contributed by atoms with E-state index in [0.29, 0.717) is 15.1 Å². The van der Waals surface area contributed by atoms with Gasteiger partial charge in [0, 0.05) is 28.8 Å². The molecule has 0 radical (unpaired) electrons. The second-order valence-electron chi connectivity index (χ2n) is 10.6. The van der Waals surface area contributed by atoms with Gasteiger partial charge in [-0.05, 0) is 59.9 Å². The molecule has 0 amide bonds. The molecule has 0 unspecified atom stereocenters. The molecule has 5 aromatic rings. The van der Waals surface area contributed by atoms with Gasteiger partial charge in [0.05, 0.1) is 28.3 Å². The molecule has 8 nitrogen and oxygen atoms in total. The molecule has 1 aromatic heterocycles. The number of allylic oxidation sites excluding steroid dienone is 1. The monoisotopic (exact) mass is 601 g/mol. The highest BCUT2D eigenvalue weighted by Gasteiger charge is 2.34. The van der Waals surface area contributed by atoms with Gasteiger partial charge in [0.2, 0.25) is 0 Å². The van der Waals surface area contributed by atoms with E-state index in [1.165, 1.54) is 29.0 Å². The van der Waals surface area contributed by atoms with Gasteiger partial charge < -0.3 is 9.47 Å². The fraction of sp³-hybridized carbons (Fsp3) is 0.143. The molecule has 1 aliphatic carbocycles. The summed E-state index contributed by atoms with van der Waals surface area (Å²) >= 11 is 1.36. The number of nitro groups is 1. The normalized spacial score (nSPS) is 15.6. The van der Waals surface area contributed by atoms with Gasteiger partial charge in [-0.15, -0.1) is 0 Å². The second-order valence-corrected chi connectivity index (χ2v) is 11.6. The van der Waals surface area contributed by atoms with Gasteiger partial charge in [-0.2, -0.15) is 0 Å². The summed E-state index contributed by atoms with van der Waals surface area (Å²) in [5, 5.41) is 11.0. The van der Waals surface area contributed by atoms with E-state index in [1.807, 2.05) is 65.2 Å².